The molecule has 3 amide bonds. The van der Waals surface area contributed by atoms with Crippen LogP contribution in [0.3, 0.4) is 0 Å². The smallest absolute Gasteiger partial charge is 0.266 e. The third kappa shape index (κ3) is 3.38. The third-order valence-corrected chi connectivity index (χ3v) is 4.62. The number of nitrogens with zero attached hydrogens (tertiary/aromatic N) is 2. The van der Waals surface area contributed by atoms with Crippen molar-refractivity contribution in [2.75, 3.05) is 18.5 Å². The molecule has 26 heavy (non-hydrogen) atoms. The number of likely N-dealkylation sites (N-methyl/N-ethyl adjacent to an activating group) is 1. The van der Waals surface area contributed by atoms with Gasteiger partial charge in [0.25, 0.3) is 11.8 Å². The van der Waals surface area contributed by atoms with Crippen molar-refractivity contribution >= 4 is 23.4 Å². The van der Waals surface area contributed by atoms with Gasteiger partial charge < -0.3 is 4.90 Å². The number of imide groups is 1. The van der Waals surface area contributed by atoms with Crippen LogP contribution in [0.1, 0.15) is 46.0 Å². The van der Waals surface area contributed by atoms with Gasteiger partial charge in [-0.05, 0) is 36.2 Å². The van der Waals surface area contributed by atoms with Crippen LogP contribution >= 0.6 is 0 Å². The van der Waals surface area contributed by atoms with Crippen LogP contribution in [0, 0.1) is 0 Å². The maximum atomic E-state index is 12.5. The van der Waals surface area contributed by atoms with E-state index >= 15 is 0 Å². The van der Waals surface area contributed by atoms with Gasteiger partial charge in [0.15, 0.2) is 0 Å². The van der Waals surface area contributed by atoms with Gasteiger partial charge in [0.05, 0.1) is 23.2 Å². The summed E-state index contributed by atoms with van der Waals surface area (Å²) in [7, 11) is 1.81. The molecule has 0 saturated heterocycles. The van der Waals surface area contributed by atoms with Crippen molar-refractivity contribution in [3.05, 3.63) is 65.2 Å². The predicted octanol–water partition coefficient (Wildman–Crippen LogP) is 3.29. The van der Waals surface area contributed by atoms with Crippen molar-refractivity contribution in [1.82, 2.24) is 4.90 Å². The minimum atomic E-state index is -0.311. The second kappa shape index (κ2) is 7.52. The number of anilines is 1. The van der Waals surface area contributed by atoms with Crippen LogP contribution in [0.4, 0.5) is 5.69 Å². The molecule has 0 fully saturated rings. The van der Waals surface area contributed by atoms with Gasteiger partial charge in [-0.3, -0.25) is 14.4 Å². The minimum Gasteiger partial charge on any atom is -0.345 e. The predicted molar refractivity (Wildman–Crippen MR) is 100 cm³/mol. The molecule has 0 saturated carbocycles. The van der Waals surface area contributed by atoms with Gasteiger partial charge in [0.2, 0.25) is 5.91 Å². The Balaban J connectivity index is 1.72. The maximum absolute atomic E-state index is 12.5. The lowest BCUT2D eigenvalue weighted by Gasteiger charge is -2.17. The zero-order valence-electron chi connectivity index (χ0n) is 15.1. The van der Waals surface area contributed by atoms with Gasteiger partial charge in [-0.15, -0.1) is 0 Å². The highest BCUT2D eigenvalue weighted by Crippen LogP contribution is 2.28. The Morgan fingerprint density at radius 2 is 1.54 bits per heavy atom. The Kier molecular flexibility index (Phi) is 5.16. The highest BCUT2D eigenvalue weighted by molar-refractivity contribution is 6.34. The zero-order valence-corrected chi connectivity index (χ0v) is 15.1. The van der Waals surface area contributed by atoms with Crippen LogP contribution < -0.4 is 4.90 Å². The lowest BCUT2D eigenvalue weighted by molar-refractivity contribution is -0.129. The van der Waals surface area contributed by atoms with E-state index in [2.05, 4.69) is 6.92 Å². The van der Waals surface area contributed by atoms with E-state index in [1.165, 1.54) is 4.90 Å². The van der Waals surface area contributed by atoms with Crippen molar-refractivity contribution < 1.29 is 14.4 Å². The summed E-state index contributed by atoms with van der Waals surface area (Å²) in [5.74, 6) is -0.561. The summed E-state index contributed by atoms with van der Waals surface area (Å²) in [5.41, 5.74) is 2.23. The van der Waals surface area contributed by atoms with Gasteiger partial charge >= 0.3 is 0 Å². The van der Waals surface area contributed by atoms with Crippen LogP contribution in [0.25, 0.3) is 0 Å². The second-order valence-corrected chi connectivity index (χ2v) is 6.50. The molecule has 134 valence electrons. The van der Waals surface area contributed by atoms with Crippen LogP contribution in [0.2, 0.25) is 0 Å². The molecule has 0 N–H and O–H groups in total. The lowest BCUT2D eigenvalue weighted by atomic mass is 10.1. The molecule has 1 aliphatic heterocycles. The summed E-state index contributed by atoms with van der Waals surface area (Å²) in [6, 6.07) is 13.8. The standard InChI is InChI=1S/C21H22N2O3/c1-3-4-13-22(2)19(24)14-15-9-11-16(12-10-15)23-20(25)17-7-5-6-8-18(17)21(23)26/h5-12H,3-4,13-14H2,1-2H3. The van der Waals surface area contributed by atoms with Crippen LogP contribution in [-0.4, -0.2) is 36.2 Å². The first-order chi connectivity index (χ1) is 12.5. The average Bonchev–Trinajstić information content (AvgIpc) is 2.91. The van der Waals surface area contributed by atoms with Crippen LogP contribution in [0.5, 0.6) is 0 Å². The fourth-order valence-electron chi connectivity index (χ4n) is 3.02. The first kappa shape index (κ1) is 17.9. The highest BCUT2D eigenvalue weighted by Gasteiger charge is 2.36. The normalized spacial score (nSPS) is 13.1. The molecule has 5 nitrogen and oxygen atoms in total. The Morgan fingerprint density at radius 3 is 2.08 bits per heavy atom. The molecule has 1 heterocycles. The number of hydrogen-bond donors (Lipinski definition) is 0. The molecule has 0 aromatic heterocycles. The van der Waals surface area contributed by atoms with E-state index in [1.807, 2.05) is 7.05 Å². The second-order valence-electron chi connectivity index (χ2n) is 6.50. The summed E-state index contributed by atoms with van der Waals surface area (Å²) in [5, 5.41) is 0. The molecule has 1 aliphatic rings. The van der Waals surface area contributed by atoms with E-state index in [-0.39, 0.29) is 17.7 Å². The highest BCUT2D eigenvalue weighted by atomic mass is 16.2. The third-order valence-electron chi connectivity index (χ3n) is 4.62. The molecule has 0 spiro atoms. The fraction of sp³-hybridized carbons (Fsp3) is 0.286. The number of fused-ring (bicyclic) bond motifs is 1. The summed E-state index contributed by atoms with van der Waals surface area (Å²) in [4.78, 5) is 40.2. The number of carbonyl (C=O) groups excluding carboxylic acids is 3. The number of hydrogen-bond acceptors (Lipinski definition) is 3. The van der Waals surface area contributed by atoms with E-state index in [4.69, 9.17) is 0 Å². The lowest BCUT2D eigenvalue weighted by Crippen LogP contribution is -2.30. The van der Waals surface area contributed by atoms with Crippen LogP contribution in [-0.2, 0) is 11.2 Å². The SMILES string of the molecule is CCCCN(C)C(=O)Cc1ccc(N2C(=O)c3ccccc3C2=O)cc1. The maximum Gasteiger partial charge on any atom is 0.266 e. The Labute approximate surface area is 153 Å². The van der Waals surface area contributed by atoms with Gasteiger partial charge in [-0.1, -0.05) is 37.6 Å². The zero-order chi connectivity index (χ0) is 18.7. The molecular weight excluding hydrogens is 328 g/mol. The summed E-state index contributed by atoms with van der Waals surface area (Å²) in [6.07, 6.45) is 2.34. The monoisotopic (exact) mass is 350 g/mol. The molecule has 2 aromatic carbocycles. The Morgan fingerprint density at radius 1 is 0.962 bits per heavy atom. The summed E-state index contributed by atoms with van der Waals surface area (Å²) in [6.45, 7) is 2.85. The number of carbonyl (C=O) groups is 3. The molecule has 0 atom stereocenters. The van der Waals surface area contributed by atoms with Gasteiger partial charge in [-0.25, -0.2) is 4.90 Å². The minimum absolute atomic E-state index is 0.0620. The van der Waals surface area contributed by atoms with Gasteiger partial charge in [-0.2, -0.15) is 0 Å². The molecule has 2 aromatic rings. The number of unbranched alkanes of at least 4 members (excludes halogenated alkanes) is 1. The van der Waals surface area contributed by atoms with E-state index in [9.17, 15) is 14.4 Å². The van der Waals surface area contributed by atoms with Crippen molar-refractivity contribution in [2.24, 2.45) is 0 Å². The molecule has 5 heteroatoms. The van der Waals surface area contributed by atoms with E-state index < -0.39 is 0 Å². The largest absolute Gasteiger partial charge is 0.345 e. The molecule has 0 aliphatic carbocycles. The Hall–Kier alpha value is -2.95. The van der Waals surface area contributed by atoms with Crippen molar-refractivity contribution in [3.8, 4) is 0 Å². The summed E-state index contributed by atoms with van der Waals surface area (Å²) >= 11 is 0. The molecule has 0 bridgehead atoms. The Bertz CT molecular complexity index is 808. The van der Waals surface area contributed by atoms with Gasteiger partial charge in [0, 0.05) is 13.6 Å². The molecule has 0 radical (unpaired) electrons. The van der Waals surface area contributed by atoms with Crippen molar-refractivity contribution in [3.63, 3.8) is 0 Å². The number of amides is 3. The topological polar surface area (TPSA) is 57.7 Å². The van der Waals surface area contributed by atoms with Gasteiger partial charge in [0.1, 0.15) is 0 Å². The first-order valence-corrected chi connectivity index (χ1v) is 8.83. The van der Waals surface area contributed by atoms with E-state index in [0.29, 0.717) is 23.2 Å². The van der Waals surface area contributed by atoms with Crippen molar-refractivity contribution in [2.45, 2.75) is 26.2 Å². The van der Waals surface area contributed by atoms with E-state index in [1.54, 1.807) is 53.4 Å². The summed E-state index contributed by atoms with van der Waals surface area (Å²) < 4.78 is 0. The van der Waals surface area contributed by atoms with Crippen LogP contribution in [0.15, 0.2) is 48.5 Å². The number of rotatable bonds is 6. The quantitative estimate of drug-likeness (QED) is 0.751. The molecule has 0 unspecified atom stereocenters. The van der Waals surface area contributed by atoms with E-state index in [0.717, 1.165) is 24.9 Å². The average molecular weight is 350 g/mol. The van der Waals surface area contributed by atoms with Crippen molar-refractivity contribution in [1.29, 1.82) is 0 Å². The molecule has 3 rings (SSSR count). The first-order valence-electron chi connectivity index (χ1n) is 8.83. The molecular formula is C21H22N2O3. The number of benzene rings is 2. The fourth-order valence-corrected chi connectivity index (χ4v) is 3.02.